The normalized spacial score (nSPS) is 11.6. The second-order valence-electron chi connectivity index (χ2n) is 5.46. The molecule has 0 aliphatic heterocycles. The summed E-state index contributed by atoms with van der Waals surface area (Å²) in [7, 11) is 0. The van der Waals surface area contributed by atoms with Gasteiger partial charge in [0.2, 0.25) is 11.8 Å². The van der Waals surface area contributed by atoms with Gasteiger partial charge in [-0.2, -0.15) is 0 Å². The molecule has 2 aromatic rings. The van der Waals surface area contributed by atoms with Gasteiger partial charge < -0.3 is 11.1 Å². The lowest BCUT2D eigenvalue weighted by Gasteiger charge is -2.15. The van der Waals surface area contributed by atoms with Crippen molar-refractivity contribution in [3.63, 3.8) is 0 Å². The van der Waals surface area contributed by atoms with Crippen LogP contribution in [0.1, 0.15) is 11.1 Å². The maximum atomic E-state index is 12.1. The van der Waals surface area contributed by atoms with E-state index in [1.807, 2.05) is 0 Å². The molecule has 0 bridgehead atoms. The van der Waals surface area contributed by atoms with Crippen LogP contribution in [-0.4, -0.2) is 22.8 Å². The van der Waals surface area contributed by atoms with Gasteiger partial charge in [0.25, 0.3) is 5.69 Å². The number of hydrogen-bond acceptors (Lipinski definition) is 4. The number of nitrogens with two attached hydrogens (primary N) is 1. The lowest BCUT2D eigenvalue weighted by atomic mass is 10.0. The van der Waals surface area contributed by atoms with E-state index in [9.17, 15) is 19.7 Å². The first kappa shape index (κ1) is 18.4. The van der Waals surface area contributed by atoms with Crippen LogP contribution in [0.15, 0.2) is 48.5 Å². The molecule has 25 heavy (non-hydrogen) atoms. The topological polar surface area (TPSA) is 115 Å². The summed E-state index contributed by atoms with van der Waals surface area (Å²) in [6.07, 6.45) is 0.138. The van der Waals surface area contributed by atoms with Crippen LogP contribution in [0.25, 0.3) is 0 Å². The van der Waals surface area contributed by atoms with E-state index in [4.69, 9.17) is 17.3 Å². The fraction of sp³-hybridized carbons (Fsp3) is 0.176. The Morgan fingerprint density at radius 3 is 2.44 bits per heavy atom. The number of halogens is 1. The van der Waals surface area contributed by atoms with E-state index in [2.05, 4.69) is 5.32 Å². The quantitative estimate of drug-likeness (QED) is 0.579. The number of primary amides is 1. The van der Waals surface area contributed by atoms with E-state index in [-0.39, 0.29) is 18.5 Å². The highest BCUT2D eigenvalue weighted by Crippen LogP contribution is 2.14. The lowest BCUT2D eigenvalue weighted by molar-refractivity contribution is -0.384. The molecule has 8 heteroatoms. The molecule has 0 radical (unpaired) electrons. The van der Waals surface area contributed by atoms with Gasteiger partial charge in [-0.15, -0.1) is 0 Å². The van der Waals surface area contributed by atoms with Crippen LogP contribution in [0.2, 0.25) is 5.02 Å². The highest BCUT2D eigenvalue weighted by atomic mass is 35.5. The molecule has 130 valence electrons. The predicted octanol–water partition coefficient (Wildman–Crippen LogP) is 2.00. The second-order valence-corrected chi connectivity index (χ2v) is 5.89. The number of non-ortho nitro benzene ring substituents is 1. The minimum Gasteiger partial charge on any atom is -0.368 e. The summed E-state index contributed by atoms with van der Waals surface area (Å²) >= 11 is 5.81. The van der Waals surface area contributed by atoms with Gasteiger partial charge in [-0.05, 0) is 23.3 Å². The molecule has 0 saturated carbocycles. The van der Waals surface area contributed by atoms with Crippen LogP contribution in [-0.2, 0) is 22.4 Å². The SMILES string of the molecule is NC(=O)[C@@H](Cc1ccc(Cl)cc1)NC(=O)Cc1cccc([N+](=O)[O-])c1. The third kappa shape index (κ3) is 5.58. The first-order valence-electron chi connectivity index (χ1n) is 7.41. The maximum Gasteiger partial charge on any atom is 0.269 e. The fourth-order valence-electron chi connectivity index (χ4n) is 2.29. The molecule has 7 nitrogen and oxygen atoms in total. The molecule has 0 aliphatic carbocycles. The Labute approximate surface area is 148 Å². The van der Waals surface area contributed by atoms with Crippen molar-refractivity contribution in [3.8, 4) is 0 Å². The zero-order chi connectivity index (χ0) is 18.4. The van der Waals surface area contributed by atoms with E-state index in [1.165, 1.54) is 18.2 Å². The van der Waals surface area contributed by atoms with E-state index in [0.717, 1.165) is 5.56 Å². The van der Waals surface area contributed by atoms with Gasteiger partial charge in [0, 0.05) is 23.6 Å². The summed E-state index contributed by atoms with van der Waals surface area (Å²) < 4.78 is 0. The Balaban J connectivity index is 2.02. The molecule has 0 unspecified atom stereocenters. The molecular formula is C17H16ClN3O4. The number of carbonyl (C=O) groups is 2. The minimum absolute atomic E-state index is 0.0912. The van der Waals surface area contributed by atoms with Gasteiger partial charge in [0.05, 0.1) is 11.3 Å². The molecular weight excluding hydrogens is 346 g/mol. The molecule has 2 rings (SSSR count). The Bertz CT molecular complexity index is 793. The first-order chi connectivity index (χ1) is 11.8. The maximum absolute atomic E-state index is 12.1. The molecule has 2 aromatic carbocycles. The van der Waals surface area contributed by atoms with Crippen molar-refractivity contribution in [1.82, 2.24) is 5.32 Å². The van der Waals surface area contributed by atoms with E-state index >= 15 is 0 Å². The molecule has 0 spiro atoms. The standard InChI is InChI=1S/C17H16ClN3O4/c18-13-6-4-11(5-7-13)9-15(17(19)23)20-16(22)10-12-2-1-3-14(8-12)21(24)25/h1-8,15H,9-10H2,(H2,19,23)(H,20,22)/t15-/m1/s1. The van der Waals surface area contributed by atoms with Crippen molar-refractivity contribution in [2.75, 3.05) is 0 Å². The monoisotopic (exact) mass is 361 g/mol. The Kier molecular flexibility index (Phi) is 6.08. The van der Waals surface area contributed by atoms with Crippen molar-refractivity contribution in [3.05, 3.63) is 74.8 Å². The number of amides is 2. The van der Waals surface area contributed by atoms with Gasteiger partial charge >= 0.3 is 0 Å². The highest BCUT2D eigenvalue weighted by Gasteiger charge is 2.19. The van der Waals surface area contributed by atoms with Gasteiger partial charge in [-0.3, -0.25) is 19.7 Å². The summed E-state index contributed by atoms with van der Waals surface area (Å²) in [6.45, 7) is 0. The average molecular weight is 362 g/mol. The zero-order valence-corrected chi connectivity index (χ0v) is 13.9. The van der Waals surface area contributed by atoms with Gasteiger partial charge in [0.1, 0.15) is 6.04 Å². The third-order valence-electron chi connectivity index (χ3n) is 3.52. The number of carbonyl (C=O) groups excluding carboxylic acids is 2. The van der Waals surface area contributed by atoms with Gasteiger partial charge in [-0.1, -0.05) is 35.9 Å². The molecule has 0 aromatic heterocycles. The molecule has 0 saturated heterocycles. The van der Waals surface area contributed by atoms with Crippen LogP contribution in [0.4, 0.5) is 5.69 Å². The number of hydrogen-bond donors (Lipinski definition) is 2. The molecule has 0 aliphatic rings. The molecule has 1 atom stereocenters. The van der Waals surface area contributed by atoms with Crippen molar-refractivity contribution in [2.24, 2.45) is 5.73 Å². The fourth-order valence-corrected chi connectivity index (χ4v) is 2.42. The Morgan fingerprint density at radius 1 is 1.16 bits per heavy atom. The Hall–Kier alpha value is -2.93. The summed E-state index contributed by atoms with van der Waals surface area (Å²) in [5.41, 5.74) is 6.52. The van der Waals surface area contributed by atoms with Crippen molar-refractivity contribution >= 4 is 29.1 Å². The van der Waals surface area contributed by atoms with Crippen LogP contribution in [0, 0.1) is 10.1 Å². The lowest BCUT2D eigenvalue weighted by Crippen LogP contribution is -2.46. The Morgan fingerprint density at radius 2 is 1.84 bits per heavy atom. The summed E-state index contributed by atoms with van der Waals surface area (Å²) in [5, 5.41) is 13.9. The molecule has 2 amide bonds. The van der Waals surface area contributed by atoms with Crippen LogP contribution in [0.5, 0.6) is 0 Å². The molecule has 0 heterocycles. The summed E-state index contributed by atoms with van der Waals surface area (Å²) in [4.78, 5) is 34.0. The number of rotatable bonds is 7. The predicted molar refractivity (Wildman–Crippen MR) is 93.1 cm³/mol. The summed E-state index contributed by atoms with van der Waals surface area (Å²) in [6, 6.07) is 11.7. The smallest absolute Gasteiger partial charge is 0.269 e. The highest BCUT2D eigenvalue weighted by molar-refractivity contribution is 6.30. The van der Waals surface area contributed by atoms with Crippen LogP contribution >= 0.6 is 11.6 Å². The average Bonchev–Trinajstić information content (AvgIpc) is 2.56. The van der Waals surface area contributed by atoms with E-state index in [0.29, 0.717) is 10.6 Å². The van der Waals surface area contributed by atoms with Crippen LogP contribution in [0.3, 0.4) is 0 Å². The van der Waals surface area contributed by atoms with Gasteiger partial charge in [-0.25, -0.2) is 0 Å². The number of nitro groups is 1. The largest absolute Gasteiger partial charge is 0.368 e. The number of nitrogens with one attached hydrogen (secondary N) is 1. The minimum atomic E-state index is -0.882. The van der Waals surface area contributed by atoms with Crippen molar-refractivity contribution < 1.29 is 14.5 Å². The third-order valence-corrected chi connectivity index (χ3v) is 3.77. The molecule has 0 fully saturated rings. The number of benzene rings is 2. The van der Waals surface area contributed by atoms with E-state index in [1.54, 1.807) is 30.3 Å². The van der Waals surface area contributed by atoms with Gasteiger partial charge in [0.15, 0.2) is 0 Å². The first-order valence-corrected chi connectivity index (χ1v) is 7.79. The van der Waals surface area contributed by atoms with E-state index < -0.39 is 22.8 Å². The van der Waals surface area contributed by atoms with Crippen molar-refractivity contribution in [2.45, 2.75) is 18.9 Å². The number of nitro benzene ring substituents is 1. The zero-order valence-electron chi connectivity index (χ0n) is 13.1. The van der Waals surface area contributed by atoms with Crippen molar-refractivity contribution in [1.29, 1.82) is 0 Å². The molecule has 3 N–H and O–H groups in total. The summed E-state index contributed by atoms with van der Waals surface area (Å²) in [5.74, 6) is -1.11. The number of nitrogens with zero attached hydrogens (tertiary/aromatic N) is 1. The second kappa shape index (κ2) is 8.25. The van der Waals surface area contributed by atoms with Crippen LogP contribution < -0.4 is 11.1 Å².